The topological polar surface area (TPSA) is 63.2 Å². The maximum Gasteiger partial charge on any atom is 0.309 e. The number of aliphatic imine (C=N–C) groups is 1. The summed E-state index contributed by atoms with van der Waals surface area (Å²) in [7, 11) is 0. The van der Waals surface area contributed by atoms with Gasteiger partial charge in [-0.15, -0.1) is 24.0 Å². The van der Waals surface area contributed by atoms with Crippen molar-refractivity contribution >= 4 is 35.9 Å². The number of carbonyl (C=O) groups is 1. The Morgan fingerprint density at radius 3 is 2.36 bits per heavy atom. The van der Waals surface area contributed by atoms with Crippen LogP contribution >= 0.6 is 24.0 Å². The lowest BCUT2D eigenvalue weighted by molar-refractivity contribution is -0.149. The highest BCUT2D eigenvalue weighted by Gasteiger charge is 2.27. The van der Waals surface area contributed by atoms with Crippen LogP contribution < -0.4 is 5.32 Å². The Kier molecular flexibility index (Phi) is 12.2. The Morgan fingerprint density at radius 1 is 1.00 bits per heavy atom. The number of guanidine groups is 1. The third kappa shape index (κ3) is 8.97. The van der Waals surface area contributed by atoms with Gasteiger partial charge in [0.2, 0.25) is 0 Å². The third-order valence-electron chi connectivity index (χ3n) is 5.53. The van der Waals surface area contributed by atoms with Crippen LogP contribution in [0.15, 0.2) is 59.6 Å². The fourth-order valence-electron chi connectivity index (χ4n) is 3.86. The van der Waals surface area contributed by atoms with Crippen LogP contribution in [-0.4, -0.2) is 43.1 Å². The van der Waals surface area contributed by atoms with E-state index in [9.17, 15) is 4.79 Å². The Labute approximate surface area is 214 Å². The molecule has 1 saturated heterocycles. The Hall–Kier alpha value is -2.13. The van der Waals surface area contributed by atoms with Crippen LogP contribution in [-0.2, 0) is 34.0 Å². The van der Waals surface area contributed by atoms with Crippen LogP contribution in [0.3, 0.4) is 0 Å². The molecule has 0 radical (unpaired) electrons. The van der Waals surface area contributed by atoms with Crippen molar-refractivity contribution in [2.24, 2.45) is 10.9 Å². The number of ether oxygens (including phenoxy) is 2. The largest absolute Gasteiger partial charge is 0.466 e. The molecule has 7 heteroatoms. The molecule has 33 heavy (non-hydrogen) atoms. The van der Waals surface area contributed by atoms with Crippen molar-refractivity contribution in [2.75, 3.05) is 26.2 Å². The molecule has 2 aromatic rings. The van der Waals surface area contributed by atoms with Gasteiger partial charge < -0.3 is 19.7 Å². The maximum atomic E-state index is 12.0. The minimum absolute atomic E-state index is 0. The number of likely N-dealkylation sites (tertiary alicyclic amines) is 1. The zero-order chi connectivity index (χ0) is 22.6. The number of nitrogens with zero attached hydrogens (tertiary/aromatic N) is 2. The molecule has 1 aliphatic rings. The highest BCUT2D eigenvalue weighted by Crippen LogP contribution is 2.19. The van der Waals surface area contributed by atoms with Crippen molar-refractivity contribution < 1.29 is 14.3 Å². The van der Waals surface area contributed by atoms with Crippen molar-refractivity contribution in [3.05, 3.63) is 71.3 Å². The van der Waals surface area contributed by atoms with Gasteiger partial charge in [0.05, 0.1) is 32.3 Å². The standard InChI is InChI=1S/C26H35N3O3.HI/c1-3-27-26(29-15-13-24(14-16-29)25(30)32-4-2)28-18-22-11-8-12-23(17-22)20-31-19-21-9-6-5-7-10-21;/h5-12,17,24H,3-4,13-16,18-20H2,1-2H3,(H,27,28);1H. The first kappa shape index (κ1) is 27.1. The van der Waals surface area contributed by atoms with E-state index in [2.05, 4.69) is 53.5 Å². The minimum Gasteiger partial charge on any atom is -0.466 e. The molecule has 0 aromatic heterocycles. The molecule has 0 aliphatic carbocycles. The maximum absolute atomic E-state index is 12.0. The zero-order valence-electron chi connectivity index (χ0n) is 19.7. The van der Waals surface area contributed by atoms with Gasteiger partial charge in [0.1, 0.15) is 0 Å². The number of rotatable bonds is 9. The first-order valence-corrected chi connectivity index (χ1v) is 11.6. The first-order chi connectivity index (χ1) is 15.7. The molecule has 0 bridgehead atoms. The van der Waals surface area contributed by atoms with E-state index in [0.29, 0.717) is 26.4 Å². The molecule has 2 aromatic carbocycles. The minimum atomic E-state index is -0.0691. The van der Waals surface area contributed by atoms with Crippen LogP contribution in [0.25, 0.3) is 0 Å². The number of esters is 1. The number of nitrogens with one attached hydrogen (secondary N) is 1. The van der Waals surface area contributed by atoms with Crippen molar-refractivity contribution in [1.29, 1.82) is 0 Å². The van der Waals surface area contributed by atoms with Crippen LogP contribution in [0.2, 0.25) is 0 Å². The number of hydrogen-bond acceptors (Lipinski definition) is 4. The molecule has 1 heterocycles. The molecule has 3 rings (SSSR count). The predicted octanol–water partition coefficient (Wildman–Crippen LogP) is 4.76. The number of piperidine rings is 1. The lowest BCUT2D eigenvalue weighted by atomic mass is 9.97. The van der Waals surface area contributed by atoms with Crippen molar-refractivity contribution in [1.82, 2.24) is 10.2 Å². The molecule has 0 unspecified atom stereocenters. The molecular weight excluding hydrogens is 529 g/mol. The lowest BCUT2D eigenvalue weighted by Gasteiger charge is -2.33. The van der Waals surface area contributed by atoms with Crippen LogP contribution in [0.1, 0.15) is 43.4 Å². The summed E-state index contributed by atoms with van der Waals surface area (Å²) in [6, 6.07) is 18.6. The molecule has 1 N–H and O–H groups in total. The van der Waals surface area contributed by atoms with E-state index in [1.165, 1.54) is 5.56 Å². The molecule has 1 aliphatic heterocycles. The molecule has 0 amide bonds. The third-order valence-corrected chi connectivity index (χ3v) is 5.53. The summed E-state index contributed by atoms with van der Waals surface area (Å²) in [5, 5.41) is 3.39. The van der Waals surface area contributed by atoms with Gasteiger partial charge in [-0.1, -0.05) is 54.6 Å². The first-order valence-electron chi connectivity index (χ1n) is 11.6. The summed E-state index contributed by atoms with van der Waals surface area (Å²) in [5.74, 6) is 0.836. The summed E-state index contributed by atoms with van der Waals surface area (Å²) in [4.78, 5) is 19.1. The van der Waals surface area contributed by atoms with E-state index in [1.807, 2.05) is 25.1 Å². The summed E-state index contributed by atoms with van der Waals surface area (Å²) < 4.78 is 11.1. The number of halogens is 1. The quantitative estimate of drug-likeness (QED) is 0.206. The van der Waals surface area contributed by atoms with Crippen molar-refractivity contribution in [3.8, 4) is 0 Å². The number of benzene rings is 2. The summed E-state index contributed by atoms with van der Waals surface area (Å²) in [6.45, 7) is 8.59. The molecule has 0 saturated carbocycles. The smallest absolute Gasteiger partial charge is 0.309 e. The Morgan fingerprint density at radius 2 is 1.67 bits per heavy atom. The Balaban J connectivity index is 0.00000385. The second-order valence-corrected chi connectivity index (χ2v) is 7.98. The SMILES string of the molecule is CCNC(=NCc1cccc(COCc2ccccc2)c1)N1CCC(C(=O)OCC)CC1.I. The van der Waals surface area contributed by atoms with Gasteiger partial charge >= 0.3 is 5.97 Å². The summed E-state index contributed by atoms with van der Waals surface area (Å²) in [6.07, 6.45) is 1.61. The highest BCUT2D eigenvalue weighted by molar-refractivity contribution is 14.0. The fraction of sp³-hybridized carbons (Fsp3) is 0.462. The van der Waals surface area contributed by atoms with Gasteiger partial charge in [0, 0.05) is 19.6 Å². The highest BCUT2D eigenvalue weighted by atomic mass is 127. The molecular formula is C26H36IN3O3. The number of carbonyl (C=O) groups excluding carboxylic acids is 1. The van der Waals surface area contributed by atoms with Gasteiger partial charge in [0.15, 0.2) is 5.96 Å². The molecule has 180 valence electrons. The predicted molar refractivity (Wildman–Crippen MR) is 143 cm³/mol. The van der Waals surface area contributed by atoms with Crippen molar-refractivity contribution in [3.63, 3.8) is 0 Å². The molecule has 6 nitrogen and oxygen atoms in total. The van der Waals surface area contributed by atoms with E-state index in [1.54, 1.807) is 0 Å². The summed E-state index contributed by atoms with van der Waals surface area (Å²) >= 11 is 0. The van der Waals surface area contributed by atoms with E-state index < -0.39 is 0 Å². The molecule has 0 spiro atoms. The van der Waals surface area contributed by atoms with Crippen molar-refractivity contribution in [2.45, 2.75) is 46.4 Å². The Bertz CT molecular complexity index is 868. The van der Waals surface area contributed by atoms with E-state index in [-0.39, 0.29) is 35.9 Å². The number of hydrogen-bond donors (Lipinski definition) is 1. The molecule has 1 fully saturated rings. The lowest BCUT2D eigenvalue weighted by Crippen LogP contribution is -2.46. The van der Waals surface area contributed by atoms with E-state index in [0.717, 1.165) is 49.6 Å². The normalized spacial score (nSPS) is 14.5. The fourth-order valence-corrected chi connectivity index (χ4v) is 3.86. The van der Waals surface area contributed by atoms with Gasteiger partial charge in [-0.25, -0.2) is 4.99 Å². The second kappa shape index (κ2) is 14.9. The second-order valence-electron chi connectivity index (χ2n) is 7.98. The zero-order valence-corrected chi connectivity index (χ0v) is 22.0. The van der Waals surface area contributed by atoms with Crippen LogP contribution in [0, 0.1) is 5.92 Å². The van der Waals surface area contributed by atoms with Gasteiger partial charge in [-0.3, -0.25) is 4.79 Å². The van der Waals surface area contributed by atoms with Gasteiger partial charge in [-0.2, -0.15) is 0 Å². The monoisotopic (exact) mass is 565 g/mol. The van der Waals surface area contributed by atoms with Gasteiger partial charge in [-0.05, 0) is 43.4 Å². The average Bonchev–Trinajstić information content (AvgIpc) is 2.83. The van der Waals surface area contributed by atoms with Gasteiger partial charge in [0.25, 0.3) is 0 Å². The average molecular weight is 565 g/mol. The summed E-state index contributed by atoms with van der Waals surface area (Å²) in [5.41, 5.74) is 3.48. The van der Waals surface area contributed by atoms with E-state index in [4.69, 9.17) is 14.5 Å². The molecule has 0 atom stereocenters. The van der Waals surface area contributed by atoms with Crippen LogP contribution in [0.5, 0.6) is 0 Å². The van der Waals surface area contributed by atoms with E-state index >= 15 is 0 Å². The van der Waals surface area contributed by atoms with Crippen LogP contribution in [0.4, 0.5) is 0 Å².